The van der Waals surface area contributed by atoms with Crippen LogP contribution in [0.4, 0.5) is 0 Å². The minimum absolute atomic E-state index is 0.540. The number of hydrogen-bond acceptors (Lipinski definition) is 3. The van der Waals surface area contributed by atoms with Crippen LogP contribution in [0.2, 0.25) is 0 Å². The molecule has 0 radical (unpaired) electrons. The summed E-state index contributed by atoms with van der Waals surface area (Å²) in [6.45, 7) is 2.28. The first kappa shape index (κ1) is 17.7. The summed E-state index contributed by atoms with van der Waals surface area (Å²) in [7, 11) is 0. The van der Waals surface area contributed by atoms with E-state index in [1.54, 1.807) is 12.0 Å². The Morgan fingerprint density at radius 1 is 0.947 bits per heavy atom. The summed E-state index contributed by atoms with van der Waals surface area (Å²) in [5.74, 6) is 3.70. The van der Waals surface area contributed by atoms with Crippen LogP contribution in [-0.4, -0.2) is 23.4 Å². The van der Waals surface area contributed by atoms with Gasteiger partial charge in [0.1, 0.15) is 0 Å². The van der Waals surface area contributed by atoms with Crippen molar-refractivity contribution >= 4 is 23.8 Å². The van der Waals surface area contributed by atoms with Crippen LogP contribution in [-0.2, 0) is 4.18 Å². The van der Waals surface area contributed by atoms with E-state index in [4.69, 9.17) is 4.18 Å². The standard InChI is InChI=1S/C16H32OS2/c1-2-3-4-5-6-7-8-9-10-11-13-19-17-16-12-14-18-15-16/h16H,2-15H2,1H3. The number of unbranched alkanes of at least 4 members (excludes halogenated alkanes) is 9. The van der Waals surface area contributed by atoms with Crippen LogP contribution in [0.3, 0.4) is 0 Å². The molecule has 0 spiro atoms. The quantitative estimate of drug-likeness (QED) is 0.301. The summed E-state index contributed by atoms with van der Waals surface area (Å²) in [4.78, 5) is 0. The van der Waals surface area contributed by atoms with E-state index in [2.05, 4.69) is 6.92 Å². The van der Waals surface area contributed by atoms with E-state index in [1.807, 2.05) is 11.8 Å². The van der Waals surface area contributed by atoms with E-state index in [0.717, 1.165) is 0 Å². The highest BCUT2D eigenvalue weighted by molar-refractivity contribution is 7.99. The summed E-state index contributed by atoms with van der Waals surface area (Å²) in [5.41, 5.74) is 0. The maximum Gasteiger partial charge on any atom is 0.0820 e. The largest absolute Gasteiger partial charge is 0.311 e. The van der Waals surface area contributed by atoms with Gasteiger partial charge in [-0.1, -0.05) is 64.7 Å². The molecule has 1 aliphatic rings. The first-order chi connectivity index (χ1) is 9.43. The van der Waals surface area contributed by atoms with Gasteiger partial charge in [0.2, 0.25) is 0 Å². The van der Waals surface area contributed by atoms with Gasteiger partial charge in [-0.05, 0) is 30.6 Å². The second-order valence-corrected chi connectivity index (χ2v) is 7.57. The highest BCUT2D eigenvalue weighted by Crippen LogP contribution is 2.24. The Morgan fingerprint density at radius 3 is 2.16 bits per heavy atom. The zero-order valence-corrected chi connectivity index (χ0v) is 14.3. The predicted octanol–water partition coefficient (Wildman–Crippen LogP) is 6.08. The van der Waals surface area contributed by atoms with Gasteiger partial charge in [0.25, 0.3) is 0 Å². The molecule has 1 atom stereocenters. The molecule has 1 unspecified atom stereocenters. The summed E-state index contributed by atoms with van der Waals surface area (Å²) in [5, 5.41) is 0. The molecule has 0 N–H and O–H groups in total. The molecule has 1 nitrogen and oxygen atoms in total. The summed E-state index contributed by atoms with van der Waals surface area (Å²) in [6, 6.07) is 0. The van der Waals surface area contributed by atoms with Gasteiger partial charge in [-0.15, -0.1) is 0 Å². The number of rotatable bonds is 13. The topological polar surface area (TPSA) is 9.23 Å². The van der Waals surface area contributed by atoms with Crippen LogP contribution in [0.1, 0.15) is 77.6 Å². The lowest BCUT2D eigenvalue weighted by molar-refractivity contribution is 0.273. The van der Waals surface area contributed by atoms with Crippen molar-refractivity contribution in [3.63, 3.8) is 0 Å². The molecule has 0 aromatic carbocycles. The maximum atomic E-state index is 5.78. The van der Waals surface area contributed by atoms with Crippen molar-refractivity contribution in [2.45, 2.75) is 83.7 Å². The molecule has 19 heavy (non-hydrogen) atoms. The minimum atomic E-state index is 0.540. The van der Waals surface area contributed by atoms with Crippen LogP contribution in [0.5, 0.6) is 0 Å². The maximum absolute atomic E-state index is 5.78. The van der Waals surface area contributed by atoms with E-state index in [9.17, 15) is 0 Å². The van der Waals surface area contributed by atoms with E-state index in [0.29, 0.717) is 6.10 Å². The van der Waals surface area contributed by atoms with Gasteiger partial charge in [-0.3, -0.25) is 0 Å². The van der Waals surface area contributed by atoms with E-state index in [1.165, 1.54) is 87.9 Å². The fourth-order valence-corrected chi connectivity index (χ4v) is 4.34. The third-order valence-corrected chi connectivity index (χ3v) is 5.67. The molecule has 0 aliphatic carbocycles. The molecule has 1 aliphatic heterocycles. The zero-order valence-electron chi connectivity index (χ0n) is 12.7. The van der Waals surface area contributed by atoms with Gasteiger partial charge in [-0.25, -0.2) is 0 Å². The van der Waals surface area contributed by atoms with E-state index in [-0.39, 0.29) is 0 Å². The van der Waals surface area contributed by atoms with Crippen molar-refractivity contribution in [2.24, 2.45) is 0 Å². The number of thioether (sulfide) groups is 1. The lowest BCUT2D eigenvalue weighted by Crippen LogP contribution is -2.06. The fourth-order valence-electron chi connectivity index (χ4n) is 2.38. The first-order valence-electron chi connectivity index (χ1n) is 8.29. The van der Waals surface area contributed by atoms with Crippen LogP contribution in [0.15, 0.2) is 0 Å². The molecule has 1 fully saturated rings. The Bertz CT molecular complexity index is 182. The summed E-state index contributed by atoms with van der Waals surface area (Å²) >= 11 is 3.74. The average molecular weight is 305 g/mol. The van der Waals surface area contributed by atoms with E-state index >= 15 is 0 Å². The second kappa shape index (κ2) is 13.6. The highest BCUT2D eigenvalue weighted by Gasteiger charge is 2.15. The molecule has 0 bridgehead atoms. The molecule has 1 rings (SSSR count). The molecule has 1 saturated heterocycles. The Morgan fingerprint density at radius 2 is 1.58 bits per heavy atom. The normalized spacial score (nSPS) is 19.1. The summed E-state index contributed by atoms with van der Waals surface area (Å²) in [6.07, 6.45) is 16.0. The molecule has 3 heteroatoms. The average Bonchev–Trinajstić information content (AvgIpc) is 2.93. The Labute approximate surface area is 129 Å². The van der Waals surface area contributed by atoms with Crippen LogP contribution in [0.25, 0.3) is 0 Å². The Hall–Kier alpha value is 0.660. The Balaban J connectivity index is 1.67. The molecular weight excluding hydrogens is 272 g/mol. The van der Waals surface area contributed by atoms with Crippen LogP contribution >= 0.6 is 23.8 Å². The van der Waals surface area contributed by atoms with Gasteiger partial charge in [0.15, 0.2) is 0 Å². The smallest absolute Gasteiger partial charge is 0.0820 e. The monoisotopic (exact) mass is 304 g/mol. The van der Waals surface area contributed by atoms with Crippen molar-refractivity contribution in [3.8, 4) is 0 Å². The van der Waals surface area contributed by atoms with Crippen molar-refractivity contribution in [2.75, 3.05) is 17.3 Å². The molecular formula is C16H32OS2. The van der Waals surface area contributed by atoms with Crippen molar-refractivity contribution in [1.29, 1.82) is 0 Å². The van der Waals surface area contributed by atoms with Gasteiger partial charge in [0, 0.05) is 11.5 Å². The second-order valence-electron chi connectivity index (χ2n) is 5.59. The van der Waals surface area contributed by atoms with Gasteiger partial charge in [0.05, 0.1) is 6.10 Å². The van der Waals surface area contributed by atoms with Crippen molar-refractivity contribution < 1.29 is 4.18 Å². The van der Waals surface area contributed by atoms with Crippen molar-refractivity contribution in [1.82, 2.24) is 0 Å². The first-order valence-corrected chi connectivity index (χ1v) is 10.4. The minimum Gasteiger partial charge on any atom is -0.311 e. The summed E-state index contributed by atoms with van der Waals surface area (Å²) < 4.78 is 5.78. The van der Waals surface area contributed by atoms with Crippen LogP contribution in [0, 0.1) is 0 Å². The molecule has 114 valence electrons. The van der Waals surface area contributed by atoms with Crippen LogP contribution < -0.4 is 0 Å². The third-order valence-electron chi connectivity index (χ3n) is 3.67. The third kappa shape index (κ3) is 11.0. The molecule has 1 heterocycles. The molecule has 0 saturated carbocycles. The zero-order chi connectivity index (χ0) is 13.6. The molecule has 0 aromatic rings. The van der Waals surface area contributed by atoms with Gasteiger partial charge in [-0.2, -0.15) is 11.8 Å². The van der Waals surface area contributed by atoms with Gasteiger partial charge >= 0.3 is 0 Å². The fraction of sp³-hybridized carbons (Fsp3) is 1.00. The van der Waals surface area contributed by atoms with Gasteiger partial charge < -0.3 is 4.18 Å². The molecule has 0 amide bonds. The SMILES string of the molecule is CCCCCCCCCCCCSOC1CCSC1. The van der Waals surface area contributed by atoms with Crippen molar-refractivity contribution in [3.05, 3.63) is 0 Å². The Kier molecular flexibility index (Phi) is 12.7. The lowest BCUT2D eigenvalue weighted by Gasteiger charge is -2.08. The predicted molar refractivity (Wildman–Crippen MR) is 91.1 cm³/mol. The number of hydrogen-bond donors (Lipinski definition) is 0. The van der Waals surface area contributed by atoms with E-state index < -0.39 is 0 Å². The lowest BCUT2D eigenvalue weighted by atomic mass is 10.1. The highest BCUT2D eigenvalue weighted by atomic mass is 32.2. The molecule has 0 aromatic heterocycles.